The van der Waals surface area contributed by atoms with Crippen LogP contribution in [0.5, 0.6) is 0 Å². The molecule has 0 aromatic carbocycles. The molecular formula is C107H192N8O8. The molecule has 0 radical (unpaired) electrons. The summed E-state index contributed by atoms with van der Waals surface area (Å²) in [5.74, 6) is 3.04. The number of allylic oxidation sites excluding steroid dienone is 8. The fraction of sp³-hybridized carbons (Fsp3) is 0.850. The average Bonchev–Trinajstić information content (AvgIpc) is 0.835. The van der Waals surface area contributed by atoms with Gasteiger partial charge in [-0.15, -0.1) is 0 Å². The summed E-state index contributed by atoms with van der Waals surface area (Å²) in [4.78, 5) is 107. The first-order chi connectivity index (χ1) is 58.3. The number of nitrogens with one attached hydrogen (secondary N) is 8. The van der Waals surface area contributed by atoms with E-state index >= 15 is 0 Å². The van der Waals surface area contributed by atoms with E-state index in [2.05, 4.69) is 181 Å². The van der Waals surface area contributed by atoms with Crippen molar-refractivity contribution < 1.29 is 38.4 Å². The lowest BCUT2D eigenvalue weighted by Gasteiger charge is -2.35. The molecule has 0 heterocycles. The van der Waals surface area contributed by atoms with E-state index in [-0.39, 0.29) is 71.9 Å². The van der Waals surface area contributed by atoms with E-state index < -0.39 is 12.1 Å². The van der Waals surface area contributed by atoms with Crippen LogP contribution in [-0.4, -0.2) is 98.6 Å². The lowest BCUT2D eigenvalue weighted by atomic mass is 9.70. The summed E-state index contributed by atoms with van der Waals surface area (Å²) >= 11 is 0. The zero-order valence-electron chi connectivity index (χ0n) is 83.3. The van der Waals surface area contributed by atoms with Gasteiger partial charge in [0.15, 0.2) is 0 Å². The molecule has 8 amide bonds. The molecule has 16 nitrogen and oxygen atoms in total. The van der Waals surface area contributed by atoms with Gasteiger partial charge >= 0.3 is 0 Å². The maximum Gasteiger partial charge on any atom is 0.242 e. The van der Waals surface area contributed by atoms with Crippen LogP contribution in [0.25, 0.3) is 0 Å². The third-order valence-corrected chi connectivity index (χ3v) is 29.5. The van der Waals surface area contributed by atoms with E-state index in [1.165, 1.54) is 141 Å². The van der Waals surface area contributed by atoms with E-state index in [0.717, 1.165) is 103 Å². The SMILES string of the molecule is CC1=C(CCC(C)CCCC(C)CC(=O)NCCCCC(NC(=O)CC(C)CCCC(C)CCC2=C(C)CCCC2(C)C)C(=O)NCCCCCNC(=O)CCCC(=O)NCCCCCNC(=O)C(CCCCNC(=O)CC(C)CCCC(C)CCC2=C(C)CCCC2(C)C)NC(=O)CC(C)CCCC(C)CCC2=C(C)CCCC2(C)C)C(C)(C)CCC1. The number of hydrogen-bond acceptors (Lipinski definition) is 8. The molecule has 0 saturated heterocycles. The Morgan fingerprint density at radius 3 is 0.740 bits per heavy atom. The van der Waals surface area contributed by atoms with Gasteiger partial charge in [-0.3, -0.25) is 38.4 Å². The second-order valence-electron chi connectivity index (χ2n) is 43.7. The zero-order chi connectivity index (χ0) is 91.0. The van der Waals surface area contributed by atoms with Gasteiger partial charge in [-0.25, -0.2) is 0 Å². The second-order valence-corrected chi connectivity index (χ2v) is 43.7. The fourth-order valence-electron chi connectivity index (χ4n) is 21.1. The molecule has 0 aliphatic heterocycles. The Morgan fingerprint density at radius 1 is 0.252 bits per heavy atom. The largest absolute Gasteiger partial charge is 0.356 e. The summed E-state index contributed by atoms with van der Waals surface area (Å²) in [7, 11) is 0. The predicted molar refractivity (Wildman–Crippen MR) is 517 cm³/mol. The van der Waals surface area contributed by atoms with E-state index in [4.69, 9.17) is 0 Å². The minimum Gasteiger partial charge on any atom is -0.356 e. The third kappa shape index (κ3) is 47.0. The molecule has 0 aromatic heterocycles. The first-order valence-corrected chi connectivity index (χ1v) is 51.2. The summed E-state index contributed by atoms with van der Waals surface area (Å²) < 4.78 is 0. The second kappa shape index (κ2) is 59.8. The monoisotopic (exact) mass is 1720 g/mol. The molecule has 8 N–H and O–H groups in total. The van der Waals surface area contributed by atoms with Crippen molar-refractivity contribution in [3.05, 3.63) is 44.6 Å². The fourth-order valence-corrected chi connectivity index (χ4v) is 21.1. The van der Waals surface area contributed by atoms with Crippen LogP contribution in [0.2, 0.25) is 0 Å². The Kier molecular flexibility index (Phi) is 53.5. The lowest BCUT2D eigenvalue weighted by Crippen LogP contribution is -2.47. The van der Waals surface area contributed by atoms with Crippen LogP contribution in [0.3, 0.4) is 0 Å². The molecule has 0 fully saturated rings. The van der Waals surface area contributed by atoms with Crippen molar-refractivity contribution in [2.75, 3.05) is 39.3 Å². The maximum atomic E-state index is 13.8. The summed E-state index contributed by atoms with van der Waals surface area (Å²) in [6, 6.07) is -1.33. The predicted octanol–water partition coefficient (Wildman–Crippen LogP) is 25.1. The van der Waals surface area contributed by atoms with Crippen molar-refractivity contribution in [1.29, 1.82) is 0 Å². The molecule has 0 aromatic rings. The maximum absolute atomic E-state index is 13.8. The van der Waals surface area contributed by atoms with Crippen molar-refractivity contribution in [3.8, 4) is 0 Å². The van der Waals surface area contributed by atoms with Crippen LogP contribution in [0.15, 0.2) is 44.6 Å². The molecule has 0 saturated carbocycles. The summed E-state index contributed by atoms with van der Waals surface area (Å²) in [6.07, 6.45) is 49.1. The zero-order valence-corrected chi connectivity index (χ0v) is 83.3. The normalized spacial score (nSPS) is 18.9. The van der Waals surface area contributed by atoms with Gasteiger partial charge in [-0.1, -0.05) is 232 Å². The lowest BCUT2D eigenvalue weighted by molar-refractivity contribution is -0.129. The van der Waals surface area contributed by atoms with Gasteiger partial charge in [0.1, 0.15) is 12.1 Å². The number of rotatable bonds is 66. The minimum atomic E-state index is -0.665. The Labute approximate surface area is 754 Å². The molecule has 10 atom stereocenters. The number of carbonyl (C=O) groups is 8. The summed E-state index contributed by atoms with van der Waals surface area (Å²) in [6.45, 7) is 49.9. The standard InChI is InChI=1S/C107H192N8O8/c1-78(56-60-90-86(9)48-36-64-104(90,13)14)40-31-44-82(5)74-98(118)110-70-29-23-52-94(114-100(120)76-84(7)46-33-42-80(3)58-62-92-88(11)50-38-66-106(92,17)18)102(122)112-72-27-21-25-68-108-96(116)54-35-55-97(117)109-69-26-22-28-73-113-103(123)95(115-101(121)77-85(8)47-34-43-81(4)59-63-93-89(12)51-39-67-107(93,19)20)53-24-30-71-111-99(119)75-83(6)45-32-41-79(2)57-61-91-87(10)49-37-65-105(91,15)16/h78-85,94-95H,21-77H2,1-20H3,(H,108,116)(H,109,117)(H,110,118)(H,111,119)(H,112,122)(H,113,123)(H,114,120)(H,115,121). The van der Waals surface area contributed by atoms with Gasteiger partial charge in [-0.05, 0) is 309 Å². The van der Waals surface area contributed by atoms with Gasteiger partial charge in [0.2, 0.25) is 47.3 Å². The van der Waals surface area contributed by atoms with Crippen LogP contribution in [-0.2, 0) is 38.4 Å². The topological polar surface area (TPSA) is 233 Å². The Bertz CT molecular complexity index is 3050. The highest BCUT2D eigenvalue weighted by atomic mass is 16.2. The van der Waals surface area contributed by atoms with E-state index in [0.29, 0.717) is 167 Å². The molecular weight excluding hydrogens is 1530 g/mol. The molecule has 4 aliphatic rings. The van der Waals surface area contributed by atoms with Crippen molar-refractivity contribution in [2.24, 2.45) is 69.0 Å². The van der Waals surface area contributed by atoms with E-state index in [1.807, 2.05) is 0 Å². The number of carbonyl (C=O) groups excluding carboxylic acids is 8. The summed E-state index contributed by atoms with van der Waals surface area (Å²) in [5.41, 5.74) is 14.4. The van der Waals surface area contributed by atoms with Crippen molar-refractivity contribution in [2.45, 2.75) is 478 Å². The molecule has 4 aliphatic carbocycles. The van der Waals surface area contributed by atoms with Crippen molar-refractivity contribution in [3.63, 3.8) is 0 Å². The highest BCUT2D eigenvalue weighted by Crippen LogP contribution is 2.47. The van der Waals surface area contributed by atoms with Crippen molar-refractivity contribution in [1.82, 2.24) is 42.5 Å². The van der Waals surface area contributed by atoms with Gasteiger partial charge < -0.3 is 42.5 Å². The molecule has 0 spiro atoms. The molecule has 16 heteroatoms. The van der Waals surface area contributed by atoms with Crippen molar-refractivity contribution >= 4 is 47.3 Å². The van der Waals surface area contributed by atoms with Gasteiger partial charge in [0.25, 0.3) is 0 Å². The molecule has 4 rings (SSSR count). The Morgan fingerprint density at radius 2 is 0.480 bits per heavy atom. The van der Waals surface area contributed by atoms with Crippen LogP contribution in [0, 0.1) is 69.0 Å². The molecule has 0 bridgehead atoms. The van der Waals surface area contributed by atoms with Crippen LogP contribution < -0.4 is 42.5 Å². The van der Waals surface area contributed by atoms with Gasteiger partial charge in [-0.2, -0.15) is 0 Å². The first-order valence-electron chi connectivity index (χ1n) is 51.2. The summed E-state index contributed by atoms with van der Waals surface area (Å²) in [5, 5.41) is 24.7. The number of unbranched alkanes of at least 4 members (excludes halogenated alkanes) is 6. The minimum absolute atomic E-state index is 0.0785. The average molecular weight is 1720 g/mol. The molecule has 123 heavy (non-hydrogen) atoms. The Hall–Kier alpha value is -5.28. The first kappa shape index (κ1) is 110. The smallest absolute Gasteiger partial charge is 0.242 e. The highest BCUT2D eigenvalue weighted by molar-refractivity contribution is 5.88. The Balaban J connectivity index is 1.13. The van der Waals surface area contributed by atoms with Gasteiger partial charge in [0.05, 0.1) is 0 Å². The van der Waals surface area contributed by atoms with E-state index in [9.17, 15) is 38.4 Å². The number of amides is 8. The van der Waals surface area contributed by atoms with Crippen LogP contribution in [0.1, 0.15) is 466 Å². The molecule has 708 valence electrons. The van der Waals surface area contributed by atoms with E-state index in [1.54, 1.807) is 44.6 Å². The van der Waals surface area contributed by atoms with Crippen LogP contribution >= 0.6 is 0 Å². The van der Waals surface area contributed by atoms with Crippen LogP contribution in [0.4, 0.5) is 0 Å². The highest BCUT2D eigenvalue weighted by Gasteiger charge is 2.33. The van der Waals surface area contributed by atoms with Gasteiger partial charge in [0, 0.05) is 77.8 Å². The third-order valence-electron chi connectivity index (χ3n) is 29.5. The molecule has 10 unspecified atom stereocenters. The number of hydrogen-bond donors (Lipinski definition) is 8. The quantitative estimate of drug-likeness (QED) is 0.0215.